The third-order valence-corrected chi connectivity index (χ3v) is 8.48. The fraction of sp³-hybridized carbons (Fsp3) is 0.458. The second kappa shape index (κ2) is 10.1. The molecule has 178 valence electrons. The number of fused-ring (bicyclic) bond motifs is 1. The molecular formula is C24H32N4O3S2. The molecule has 1 aromatic heterocycles. The van der Waals surface area contributed by atoms with E-state index < -0.39 is 10.0 Å². The SMILES string of the molecule is CNS(=O)(=O)CCNC1CCc2c(-c3cnc(C4=CC=C(OC(C)C)C(N)C4)s3)cccc21. The fourth-order valence-electron chi connectivity index (χ4n) is 4.38. The molecule has 4 N–H and O–H groups in total. The maximum atomic E-state index is 11.7. The molecule has 33 heavy (non-hydrogen) atoms. The van der Waals surface area contributed by atoms with E-state index in [0.29, 0.717) is 13.0 Å². The summed E-state index contributed by atoms with van der Waals surface area (Å²) in [5.74, 6) is 0.899. The Hall–Kier alpha value is -2.04. The van der Waals surface area contributed by atoms with Crippen molar-refractivity contribution < 1.29 is 13.2 Å². The number of sulfonamides is 1. The van der Waals surface area contributed by atoms with Gasteiger partial charge in [0.15, 0.2) is 0 Å². The molecule has 0 aliphatic heterocycles. The molecule has 2 atom stereocenters. The molecule has 2 aliphatic carbocycles. The summed E-state index contributed by atoms with van der Waals surface area (Å²) < 4.78 is 31.6. The lowest BCUT2D eigenvalue weighted by atomic mass is 10.00. The van der Waals surface area contributed by atoms with Crippen LogP contribution in [0.25, 0.3) is 16.0 Å². The maximum absolute atomic E-state index is 11.7. The lowest BCUT2D eigenvalue weighted by Crippen LogP contribution is -2.31. The van der Waals surface area contributed by atoms with Crippen LogP contribution >= 0.6 is 11.3 Å². The van der Waals surface area contributed by atoms with Gasteiger partial charge in [0, 0.05) is 18.8 Å². The lowest BCUT2D eigenvalue weighted by molar-refractivity contribution is 0.133. The predicted octanol–water partition coefficient (Wildman–Crippen LogP) is 3.36. The van der Waals surface area contributed by atoms with Gasteiger partial charge in [-0.2, -0.15) is 0 Å². The summed E-state index contributed by atoms with van der Waals surface area (Å²) in [6.45, 7) is 4.43. The van der Waals surface area contributed by atoms with Crippen LogP contribution in [0.3, 0.4) is 0 Å². The second-order valence-electron chi connectivity index (χ2n) is 8.71. The van der Waals surface area contributed by atoms with Crippen LogP contribution in [0.2, 0.25) is 0 Å². The molecular weight excluding hydrogens is 456 g/mol. The average Bonchev–Trinajstić information content (AvgIpc) is 3.42. The largest absolute Gasteiger partial charge is 0.494 e. The zero-order valence-electron chi connectivity index (χ0n) is 19.3. The summed E-state index contributed by atoms with van der Waals surface area (Å²) >= 11 is 1.69. The van der Waals surface area contributed by atoms with Crippen LogP contribution in [-0.4, -0.2) is 44.9 Å². The van der Waals surface area contributed by atoms with Gasteiger partial charge < -0.3 is 15.8 Å². The first kappa shape index (κ1) is 24.1. The number of rotatable bonds is 9. The van der Waals surface area contributed by atoms with E-state index in [4.69, 9.17) is 15.5 Å². The summed E-state index contributed by atoms with van der Waals surface area (Å²) in [6.07, 6.45) is 8.72. The fourth-order valence-corrected chi connectivity index (χ4v) is 5.98. The average molecular weight is 489 g/mol. The number of nitrogens with two attached hydrogens (primary N) is 1. The predicted molar refractivity (Wildman–Crippen MR) is 134 cm³/mol. The Balaban J connectivity index is 1.50. The van der Waals surface area contributed by atoms with Gasteiger partial charge in [-0.15, -0.1) is 11.3 Å². The van der Waals surface area contributed by atoms with E-state index in [9.17, 15) is 8.42 Å². The normalized spacial score (nSPS) is 20.5. The second-order valence-corrected chi connectivity index (χ2v) is 11.8. The minimum Gasteiger partial charge on any atom is -0.494 e. The van der Waals surface area contributed by atoms with Crippen molar-refractivity contribution in [3.63, 3.8) is 0 Å². The Labute approximate surface area is 200 Å². The number of aromatic nitrogens is 1. The first-order chi connectivity index (χ1) is 15.8. The Bertz CT molecular complexity index is 1170. The van der Waals surface area contributed by atoms with Crippen molar-refractivity contribution in [2.24, 2.45) is 5.73 Å². The zero-order chi connectivity index (χ0) is 23.6. The molecule has 4 rings (SSSR count). The van der Waals surface area contributed by atoms with E-state index in [0.717, 1.165) is 34.1 Å². The molecule has 0 bridgehead atoms. The van der Waals surface area contributed by atoms with Gasteiger partial charge in [-0.3, -0.25) is 0 Å². The Morgan fingerprint density at radius 2 is 2.12 bits per heavy atom. The van der Waals surface area contributed by atoms with E-state index in [1.165, 1.54) is 23.7 Å². The molecule has 0 spiro atoms. The minimum absolute atomic E-state index is 0.0723. The van der Waals surface area contributed by atoms with Crippen LogP contribution < -0.4 is 15.8 Å². The van der Waals surface area contributed by atoms with Gasteiger partial charge in [0.05, 0.1) is 22.8 Å². The highest BCUT2D eigenvalue weighted by Crippen LogP contribution is 2.41. The smallest absolute Gasteiger partial charge is 0.212 e. The van der Waals surface area contributed by atoms with Crippen molar-refractivity contribution in [1.82, 2.24) is 15.0 Å². The third-order valence-electron chi connectivity index (χ3n) is 6.01. The molecule has 1 heterocycles. The summed E-state index contributed by atoms with van der Waals surface area (Å²) in [4.78, 5) is 5.84. The number of nitrogens with zero attached hydrogens (tertiary/aromatic N) is 1. The summed E-state index contributed by atoms with van der Waals surface area (Å²) in [5, 5.41) is 4.40. The van der Waals surface area contributed by atoms with Gasteiger partial charge in [0.1, 0.15) is 10.8 Å². The van der Waals surface area contributed by atoms with E-state index in [1.54, 1.807) is 11.3 Å². The number of thiazole rings is 1. The minimum atomic E-state index is -3.21. The van der Waals surface area contributed by atoms with Crippen LogP contribution in [0.5, 0.6) is 0 Å². The molecule has 0 fully saturated rings. The topological polar surface area (TPSA) is 106 Å². The molecule has 2 unspecified atom stereocenters. The molecule has 0 saturated heterocycles. The highest BCUT2D eigenvalue weighted by atomic mass is 32.2. The number of nitrogens with one attached hydrogen (secondary N) is 2. The Morgan fingerprint density at radius 1 is 1.30 bits per heavy atom. The van der Waals surface area contributed by atoms with Crippen molar-refractivity contribution in [3.05, 3.63) is 58.4 Å². The van der Waals surface area contributed by atoms with Gasteiger partial charge in [0.25, 0.3) is 0 Å². The summed E-state index contributed by atoms with van der Waals surface area (Å²) in [7, 11) is -1.76. The molecule has 0 saturated carbocycles. The molecule has 2 aliphatic rings. The van der Waals surface area contributed by atoms with Crippen LogP contribution in [0.4, 0.5) is 0 Å². The molecule has 9 heteroatoms. The van der Waals surface area contributed by atoms with Crippen LogP contribution in [0, 0.1) is 0 Å². The van der Waals surface area contributed by atoms with Crippen molar-refractivity contribution in [2.75, 3.05) is 19.3 Å². The van der Waals surface area contributed by atoms with Crippen molar-refractivity contribution >= 4 is 26.9 Å². The maximum Gasteiger partial charge on any atom is 0.212 e. The van der Waals surface area contributed by atoms with Gasteiger partial charge in [-0.05, 0) is 68.5 Å². The third kappa shape index (κ3) is 5.55. The highest BCUT2D eigenvalue weighted by Gasteiger charge is 2.26. The number of hydrogen-bond acceptors (Lipinski definition) is 7. The zero-order valence-corrected chi connectivity index (χ0v) is 20.9. The van der Waals surface area contributed by atoms with E-state index in [-0.39, 0.29) is 23.9 Å². The van der Waals surface area contributed by atoms with Gasteiger partial charge in [0.2, 0.25) is 10.0 Å². The molecule has 0 amide bonds. The first-order valence-corrected chi connectivity index (χ1v) is 13.8. The van der Waals surface area contributed by atoms with E-state index >= 15 is 0 Å². The number of hydrogen-bond donors (Lipinski definition) is 3. The number of allylic oxidation sites excluding steroid dienone is 2. The van der Waals surface area contributed by atoms with Crippen molar-refractivity contribution in [2.45, 2.75) is 51.3 Å². The van der Waals surface area contributed by atoms with Crippen molar-refractivity contribution in [1.29, 1.82) is 0 Å². The van der Waals surface area contributed by atoms with Gasteiger partial charge in [-0.1, -0.05) is 24.3 Å². The molecule has 1 aromatic carbocycles. The standard InChI is InChI=1S/C24H32N4O3S2/c1-15(2)31-22-10-7-16(13-20(22)25)24-28-14-23(32-24)19-6-4-5-18-17(19)8-9-21(18)27-11-12-33(29,30)26-3/h4-7,10,14-15,20-21,26-27H,8-9,11-13,25H2,1-3H3. The monoisotopic (exact) mass is 488 g/mol. The summed E-state index contributed by atoms with van der Waals surface area (Å²) in [6, 6.07) is 6.38. The van der Waals surface area contributed by atoms with Crippen LogP contribution in [-0.2, 0) is 21.2 Å². The number of ether oxygens (including phenoxy) is 1. The van der Waals surface area contributed by atoms with Crippen LogP contribution in [0.15, 0.2) is 42.3 Å². The first-order valence-electron chi connectivity index (χ1n) is 11.3. The van der Waals surface area contributed by atoms with Crippen LogP contribution in [0.1, 0.15) is 48.9 Å². The lowest BCUT2D eigenvalue weighted by Gasteiger charge is -2.23. The molecule has 0 radical (unpaired) electrons. The quantitative estimate of drug-likeness (QED) is 0.500. The highest BCUT2D eigenvalue weighted by molar-refractivity contribution is 7.89. The Kier molecular flexibility index (Phi) is 7.35. The Morgan fingerprint density at radius 3 is 2.85 bits per heavy atom. The van der Waals surface area contributed by atoms with E-state index in [1.807, 2.05) is 26.1 Å². The molecule has 7 nitrogen and oxygen atoms in total. The molecule has 2 aromatic rings. The number of benzene rings is 1. The van der Waals surface area contributed by atoms with Crippen molar-refractivity contribution in [3.8, 4) is 10.4 Å². The van der Waals surface area contributed by atoms with Gasteiger partial charge in [-0.25, -0.2) is 18.1 Å². The summed E-state index contributed by atoms with van der Waals surface area (Å²) in [5.41, 5.74) is 11.2. The van der Waals surface area contributed by atoms with E-state index in [2.05, 4.69) is 34.3 Å². The van der Waals surface area contributed by atoms with Gasteiger partial charge >= 0.3 is 0 Å².